The van der Waals surface area contributed by atoms with Crippen LogP contribution in [-0.2, 0) is 11.3 Å². The van der Waals surface area contributed by atoms with E-state index in [2.05, 4.69) is 5.32 Å². The molecule has 0 saturated carbocycles. The van der Waals surface area contributed by atoms with Crippen LogP contribution in [0.3, 0.4) is 0 Å². The van der Waals surface area contributed by atoms with Gasteiger partial charge in [-0.15, -0.1) is 0 Å². The molecular formula is C15H15NO3. The van der Waals surface area contributed by atoms with Gasteiger partial charge in [0.1, 0.15) is 11.5 Å². The normalized spacial score (nSPS) is 10.1. The topological polar surface area (TPSA) is 58.6 Å². The smallest absolute Gasteiger partial charge is 0.317 e. The summed E-state index contributed by atoms with van der Waals surface area (Å²) < 4.78 is 5.66. The highest BCUT2D eigenvalue weighted by atomic mass is 16.5. The van der Waals surface area contributed by atoms with Crippen LogP contribution in [0.5, 0.6) is 11.5 Å². The zero-order valence-corrected chi connectivity index (χ0v) is 10.4. The molecule has 2 aromatic carbocycles. The largest absolute Gasteiger partial charge is 0.480 e. The lowest BCUT2D eigenvalue weighted by Crippen LogP contribution is -2.21. The molecule has 0 aliphatic heterocycles. The minimum atomic E-state index is -0.857. The van der Waals surface area contributed by atoms with Crippen LogP contribution in [0.2, 0.25) is 0 Å². The van der Waals surface area contributed by atoms with Crippen molar-refractivity contribution in [3.8, 4) is 11.5 Å². The van der Waals surface area contributed by atoms with Crippen molar-refractivity contribution >= 4 is 5.97 Å². The van der Waals surface area contributed by atoms with Gasteiger partial charge in [0.05, 0.1) is 6.54 Å². The number of hydrogen-bond donors (Lipinski definition) is 2. The minimum Gasteiger partial charge on any atom is -0.480 e. The average molecular weight is 257 g/mol. The number of aliphatic carboxylic acids is 1. The number of carboxylic acid groups (broad SMARTS) is 1. The fraction of sp³-hybridized carbons (Fsp3) is 0.133. The standard InChI is InChI=1S/C15H15NO3/c17-15(18)11-16-10-12-6-8-14(9-7-12)19-13-4-2-1-3-5-13/h1-9,16H,10-11H2,(H,17,18). The van der Waals surface area contributed by atoms with E-state index in [4.69, 9.17) is 9.84 Å². The third-order valence-corrected chi connectivity index (χ3v) is 2.51. The van der Waals surface area contributed by atoms with E-state index in [0.29, 0.717) is 6.54 Å². The third kappa shape index (κ3) is 4.44. The number of para-hydroxylation sites is 1. The SMILES string of the molecule is O=C(O)CNCc1ccc(Oc2ccccc2)cc1. The van der Waals surface area contributed by atoms with Crippen LogP contribution >= 0.6 is 0 Å². The molecule has 0 spiro atoms. The van der Waals surface area contributed by atoms with E-state index >= 15 is 0 Å². The van der Waals surface area contributed by atoms with Crippen LogP contribution in [-0.4, -0.2) is 17.6 Å². The molecule has 0 aromatic heterocycles. The molecule has 0 atom stereocenters. The third-order valence-electron chi connectivity index (χ3n) is 2.51. The molecule has 0 aliphatic carbocycles. The summed E-state index contributed by atoms with van der Waals surface area (Å²) in [5.41, 5.74) is 1.02. The number of hydrogen-bond acceptors (Lipinski definition) is 3. The fourth-order valence-electron chi connectivity index (χ4n) is 1.61. The zero-order chi connectivity index (χ0) is 13.5. The molecule has 0 saturated heterocycles. The predicted octanol–water partition coefficient (Wildman–Crippen LogP) is 2.65. The molecule has 0 aliphatic rings. The Hall–Kier alpha value is -2.33. The lowest BCUT2D eigenvalue weighted by Gasteiger charge is -2.07. The van der Waals surface area contributed by atoms with E-state index in [1.54, 1.807) is 0 Å². The molecule has 2 N–H and O–H groups in total. The summed E-state index contributed by atoms with van der Waals surface area (Å²) in [6, 6.07) is 17.1. The molecule has 19 heavy (non-hydrogen) atoms. The Labute approximate surface area is 111 Å². The summed E-state index contributed by atoms with van der Waals surface area (Å²) in [5, 5.41) is 11.3. The van der Waals surface area contributed by atoms with Gasteiger partial charge in [-0.2, -0.15) is 0 Å². The maximum Gasteiger partial charge on any atom is 0.317 e. The second-order valence-electron chi connectivity index (χ2n) is 4.06. The van der Waals surface area contributed by atoms with E-state index in [1.807, 2.05) is 54.6 Å². The van der Waals surface area contributed by atoms with Crippen molar-refractivity contribution in [3.63, 3.8) is 0 Å². The Bertz CT molecular complexity index is 523. The molecule has 0 radical (unpaired) electrons. The first-order valence-electron chi connectivity index (χ1n) is 5.98. The number of benzene rings is 2. The molecule has 0 amide bonds. The number of nitrogens with one attached hydrogen (secondary N) is 1. The monoisotopic (exact) mass is 257 g/mol. The molecule has 0 heterocycles. The molecule has 4 nitrogen and oxygen atoms in total. The zero-order valence-electron chi connectivity index (χ0n) is 10.4. The van der Waals surface area contributed by atoms with Gasteiger partial charge in [-0.05, 0) is 29.8 Å². The molecule has 0 fully saturated rings. The van der Waals surface area contributed by atoms with Crippen molar-refractivity contribution in [1.82, 2.24) is 5.32 Å². The van der Waals surface area contributed by atoms with Crippen molar-refractivity contribution in [2.75, 3.05) is 6.54 Å². The molecule has 0 bridgehead atoms. The molecule has 4 heteroatoms. The van der Waals surface area contributed by atoms with Gasteiger partial charge < -0.3 is 15.2 Å². The van der Waals surface area contributed by atoms with Gasteiger partial charge >= 0.3 is 5.97 Å². The van der Waals surface area contributed by atoms with Crippen LogP contribution in [0, 0.1) is 0 Å². The molecule has 2 rings (SSSR count). The summed E-state index contributed by atoms with van der Waals surface area (Å²) in [6.07, 6.45) is 0. The van der Waals surface area contributed by atoms with E-state index in [1.165, 1.54) is 0 Å². The second-order valence-corrected chi connectivity index (χ2v) is 4.06. The summed E-state index contributed by atoms with van der Waals surface area (Å²) in [5.74, 6) is 0.691. The predicted molar refractivity (Wildman–Crippen MR) is 72.3 cm³/mol. The number of ether oxygens (including phenoxy) is 1. The Morgan fingerprint density at radius 3 is 2.26 bits per heavy atom. The Balaban J connectivity index is 1.89. The van der Waals surface area contributed by atoms with E-state index < -0.39 is 5.97 Å². The average Bonchev–Trinajstić information content (AvgIpc) is 2.42. The maximum atomic E-state index is 10.4. The van der Waals surface area contributed by atoms with E-state index in [9.17, 15) is 4.79 Å². The highest BCUT2D eigenvalue weighted by Crippen LogP contribution is 2.20. The first-order chi connectivity index (χ1) is 9.24. The first-order valence-corrected chi connectivity index (χ1v) is 5.98. The lowest BCUT2D eigenvalue weighted by atomic mass is 10.2. The van der Waals surface area contributed by atoms with Crippen molar-refractivity contribution in [2.45, 2.75) is 6.54 Å². The van der Waals surface area contributed by atoms with E-state index in [0.717, 1.165) is 17.1 Å². The maximum absolute atomic E-state index is 10.4. The minimum absolute atomic E-state index is 0.0394. The van der Waals surface area contributed by atoms with Gasteiger partial charge in [-0.1, -0.05) is 30.3 Å². The van der Waals surface area contributed by atoms with Gasteiger partial charge in [0, 0.05) is 6.54 Å². The highest BCUT2D eigenvalue weighted by Gasteiger charge is 1.99. The summed E-state index contributed by atoms with van der Waals surface area (Å²) in [6.45, 7) is 0.486. The van der Waals surface area contributed by atoms with Crippen LogP contribution in [0.15, 0.2) is 54.6 Å². The Kier molecular flexibility index (Phi) is 4.53. The van der Waals surface area contributed by atoms with Gasteiger partial charge in [-0.3, -0.25) is 4.79 Å². The number of rotatable bonds is 6. The Morgan fingerprint density at radius 2 is 1.63 bits per heavy atom. The molecular weight excluding hydrogens is 242 g/mol. The number of carbonyl (C=O) groups is 1. The summed E-state index contributed by atoms with van der Waals surface area (Å²) >= 11 is 0. The first kappa shape index (κ1) is 13.1. The molecule has 0 unspecified atom stereocenters. The highest BCUT2D eigenvalue weighted by molar-refractivity contribution is 5.68. The fourth-order valence-corrected chi connectivity index (χ4v) is 1.61. The van der Waals surface area contributed by atoms with Crippen molar-refractivity contribution in [2.24, 2.45) is 0 Å². The Morgan fingerprint density at radius 1 is 1.00 bits per heavy atom. The van der Waals surface area contributed by atoms with E-state index in [-0.39, 0.29) is 6.54 Å². The molecule has 98 valence electrons. The van der Waals surface area contributed by atoms with Crippen LogP contribution < -0.4 is 10.1 Å². The van der Waals surface area contributed by atoms with Crippen molar-refractivity contribution < 1.29 is 14.6 Å². The van der Waals surface area contributed by atoms with Crippen LogP contribution in [0.4, 0.5) is 0 Å². The van der Waals surface area contributed by atoms with Gasteiger partial charge in [0.25, 0.3) is 0 Å². The summed E-state index contributed by atoms with van der Waals surface area (Å²) in [4.78, 5) is 10.4. The second kappa shape index (κ2) is 6.56. The van der Waals surface area contributed by atoms with Crippen molar-refractivity contribution in [3.05, 3.63) is 60.2 Å². The van der Waals surface area contributed by atoms with Crippen LogP contribution in [0.1, 0.15) is 5.56 Å². The quantitative estimate of drug-likeness (QED) is 0.835. The van der Waals surface area contributed by atoms with Gasteiger partial charge in [0.2, 0.25) is 0 Å². The summed E-state index contributed by atoms with van der Waals surface area (Å²) in [7, 11) is 0. The lowest BCUT2D eigenvalue weighted by molar-refractivity contribution is -0.135. The van der Waals surface area contributed by atoms with Crippen molar-refractivity contribution in [1.29, 1.82) is 0 Å². The van der Waals surface area contributed by atoms with Crippen LogP contribution in [0.25, 0.3) is 0 Å². The van der Waals surface area contributed by atoms with Gasteiger partial charge in [-0.25, -0.2) is 0 Å². The molecule has 2 aromatic rings. The van der Waals surface area contributed by atoms with Gasteiger partial charge in [0.15, 0.2) is 0 Å². The number of carboxylic acids is 1.